The Bertz CT molecular complexity index is 57.8. The van der Waals surface area contributed by atoms with Crippen LogP contribution in [0, 0.1) is 0 Å². The van der Waals surface area contributed by atoms with Crippen LogP contribution in [-0.2, 0) is 37.3 Å². The van der Waals surface area contributed by atoms with Gasteiger partial charge in [0.25, 0.3) is 0 Å². The van der Waals surface area contributed by atoms with E-state index in [1.165, 1.54) is 0 Å². The van der Waals surface area contributed by atoms with Gasteiger partial charge in [-0.3, -0.25) is 4.70 Å². The molecule has 0 aliphatic heterocycles. The number of hydrogen-bond acceptors (Lipinski definition) is 4. The maximum absolute atomic E-state index is 8.55. The van der Waals surface area contributed by atoms with Crippen LogP contribution in [0.1, 0.15) is 0 Å². The van der Waals surface area contributed by atoms with Crippen molar-refractivity contribution in [1.82, 2.24) is 0 Å². The average Bonchev–Trinajstić information content (AvgIpc) is 0.722. The van der Waals surface area contributed by atoms with Crippen molar-refractivity contribution in [3.05, 3.63) is 0 Å². The molecule has 0 aromatic carbocycles. The Morgan fingerprint density at radius 2 is 1.14 bits per heavy atom. The monoisotopic (exact) mass is 204 g/mol. The first-order valence-electron chi connectivity index (χ1n) is 0.730. The quantitative estimate of drug-likeness (QED) is 0.402. The molecule has 4 nitrogen and oxygen atoms in total. The maximum Gasteiger partial charge on any atom is 3.00 e. The summed E-state index contributed by atoms with van der Waals surface area (Å²) < 4.78 is 8.55. The first kappa shape index (κ1) is 15.7. The predicted octanol–water partition coefficient (Wildman–Crippen LogP) is -2.67. The van der Waals surface area contributed by atoms with Gasteiger partial charge in [-0.15, -0.1) is 0 Å². The van der Waals surface area contributed by atoms with Gasteiger partial charge in [-0.05, 0) is 0 Å². The van der Waals surface area contributed by atoms with E-state index in [9.17, 15) is 0 Å². The SMILES string of the molecule is F.O=P([O-])([O-])[O-].[Y+3]. The van der Waals surface area contributed by atoms with Gasteiger partial charge in [-0.25, -0.2) is 0 Å². The largest absolute Gasteiger partial charge is 3.00 e. The van der Waals surface area contributed by atoms with Crippen LogP contribution in [0.3, 0.4) is 0 Å². The summed E-state index contributed by atoms with van der Waals surface area (Å²) >= 11 is 0. The summed E-state index contributed by atoms with van der Waals surface area (Å²) in [6.07, 6.45) is 0. The van der Waals surface area contributed by atoms with Gasteiger partial charge in [0.05, 0.1) is 0 Å². The first-order chi connectivity index (χ1) is 2.00. The Labute approximate surface area is 64.4 Å². The van der Waals surface area contributed by atoms with Crippen LogP contribution in [0.5, 0.6) is 0 Å². The molecule has 0 fully saturated rings. The molecular weight excluding hydrogens is 203 g/mol. The number of rotatable bonds is 0. The van der Waals surface area contributed by atoms with E-state index in [0.29, 0.717) is 0 Å². The van der Waals surface area contributed by atoms with Crippen molar-refractivity contribution in [1.29, 1.82) is 0 Å². The molecule has 40 valence electrons. The van der Waals surface area contributed by atoms with Crippen LogP contribution >= 0.6 is 7.82 Å². The van der Waals surface area contributed by atoms with E-state index in [-0.39, 0.29) is 37.4 Å². The minimum absolute atomic E-state index is 0. The summed E-state index contributed by atoms with van der Waals surface area (Å²) in [4.78, 5) is 25.6. The average molecular weight is 204 g/mol. The molecule has 0 heterocycles. The molecule has 0 saturated heterocycles. The Balaban J connectivity index is -0.0000000800. The van der Waals surface area contributed by atoms with Gasteiger partial charge in [0, 0.05) is 0 Å². The molecule has 7 heteroatoms. The molecule has 0 saturated carbocycles. The Kier molecular flexibility index (Phi) is 11.9. The van der Waals surface area contributed by atoms with Crippen LogP contribution < -0.4 is 14.7 Å². The van der Waals surface area contributed by atoms with Gasteiger partial charge in [-0.2, -0.15) is 7.82 Å². The van der Waals surface area contributed by atoms with Gasteiger partial charge < -0.3 is 19.2 Å². The predicted molar refractivity (Wildman–Crippen MR) is 10.1 cm³/mol. The Hall–Kier alpha value is 1.14. The van der Waals surface area contributed by atoms with Gasteiger partial charge in [0.2, 0.25) is 0 Å². The molecule has 0 aromatic heterocycles. The summed E-state index contributed by atoms with van der Waals surface area (Å²) in [5, 5.41) is 0. The molecule has 0 unspecified atom stereocenters. The second-order valence-corrected chi connectivity index (χ2v) is 1.34. The van der Waals surface area contributed by atoms with Gasteiger partial charge in [-0.1, -0.05) is 0 Å². The van der Waals surface area contributed by atoms with E-state index in [1.807, 2.05) is 0 Å². The summed E-state index contributed by atoms with van der Waals surface area (Å²) in [5.74, 6) is 0. The fourth-order valence-electron chi connectivity index (χ4n) is 0. The van der Waals surface area contributed by atoms with Crippen molar-refractivity contribution in [3.8, 4) is 0 Å². The zero-order valence-electron chi connectivity index (χ0n) is 3.07. The van der Waals surface area contributed by atoms with Gasteiger partial charge in [0.1, 0.15) is 0 Å². The molecule has 0 N–H and O–H groups in total. The van der Waals surface area contributed by atoms with Crippen LogP contribution in [0.15, 0.2) is 0 Å². The number of phosphoric acid groups is 1. The van der Waals surface area contributed by atoms with Crippen molar-refractivity contribution in [2.24, 2.45) is 0 Å². The topological polar surface area (TPSA) is 86.2 Å². The maximum atomic E-state index is 8.55. The van der Waals surface area contributed by atoms with E-state index in [1.54, 1.807) is 0 Å². The summed E-state index contributed by atoms with van der Waals surface area (Å²) in [6.45, 7) is 0. The standard InChI is InChI=1S/FH.H3O4P.Y/c;1-5(2,3)4;/h1H;(H3,1,2,3,4);/q;;+3/p-3. The summed E-state index contributed by atoms with van der Waals surface area (Å²) in [7, 11) is -5.39. The van der Waals surface area contributed by atoms with Crippen molar-refractivity contribution in [2.75, 3.05) is 0 Å². The van der Waals surface area contributed by atoms with E-state index in [2.05, 4.69) is 0 Å². The van der Waals surface area contributed by atoms with Crippen molar-refractivity contribution < 1.29 is 56.7 Å². The van der Waals surface area contributed by atoms with Crippen LogP contribution in [0.25, 0.3) is 0 Å². The normalized spacial score (nSPS) is 8.43. The second kappa shape index (κ2) is 5.28. The second-order valence-electron chi connectivity index (χ2n) is 0.447. The Morgan fingerprint density at radius 1 is 1.14 bits per heavy atom. The molecule has 0 aromatic rings. The van der Waals surface area contributed by atoms with E-state index in [0.717, 1.165) is 0 Å². The van der Waals surface area contributed by atoms with Crippen molar-refractivity contribution in [2.45, 2.75) is 0 Å². The Morgan fingerprint density at radius 3 is 1.14 bits per heavy atom. The number of hydrogen-bond donors (Lipinski definition) is 0. The van der Waals surface area contributed by atoms with Crippen LogP contribution in [0.4, 0.5) is 4.70 Å². The van der Waals surface area contributed by atoms with Crippen molar-refractivity contribution in [3.63, 3.8) is 0 Å². The number of halogens is 1. The molecular formula is HFO4PY. The fourth-order valence-corrected chi connectivity index (χ4v) is 0. The molecule has 0 atom stereocenters. The van der Waals surface area contributed by atoms with E-state index < -0.39 is 7.82 Å². The summed E-state index contributed by atoms with van der Waals surface area (Å²) in [6, 6.07) is 0. The minimum atomic E-state index is -5.39. The third kappa shape index (κ3) is 144. The molecule has 7 heavy (non-hydrogen) atoms. The molecule has 0 bridgehead atoms. The van der Waals surface area contributed by atoms with E-state index in [4.69, 9.17) is 19.2 Å². The molecule has 0 aliphatic carbocycles. The summed E-state index contributed by atoms with van der Waals surface area (Å²) in [5.41, 5.74) is 0. The third-order valence-electron chi connectivity index (χ3n) is 0. The molecule has 0 spiro atoms. The third-order valence-corrected chi connectivity index (χ3v) is 0. The minimum Gasteiger partial charge on any atom is -0.822 e. The zero-order chi connectivity index (χ0) is 4.50. The van der Waals surface area contributed by atoms with Gasteiger partial charge in [0.15, 0.2) is 0 Å². The molecule has 0 radical (unpaired) electrons. The smallest absolute Gasteiger partial charge is 0.822 e. The van der Waals surface area contributed by atoms with E-state index >= 15 is 0 Å². The fraction of sp³-hybridized carbons (Fsp3) is 0. The van der Waals surface area contributed by atoms with Crippen LogP contribution in [-0.4, -0.2) is 0 Å². The zero-order valence-corrected chi connectivity index (χ0v) is 6.80. The van der Waals surface area contributed by atoms with Gasteiger partial charge >= 0.3 is 32.7 Å². The molecule has 0 rings (SSSR count). The van der Waals surface area contributed by atoms with Crippen LogP contribution in [0.2, 0.25) is 0 Å². The molecule has 0 amide bonds. The molecule has 0 aliphatic rings. The van der Waals surface area contributed by atoms with Crippen molar-refractivity contribution >= 4 is 7.82 Å². The first-order valence-corrected chi connectivity index (χ1v) is 2.19.